The number of nitrogens with one attached hydrogen (secondary N) is 2. The van der Waals surface area contributed by atoms with Crippen molar-refractivity contribution in [2.24, 2.45) is 5.10 Å². The van der Waals surface area contributed by atoms with Gasteiger partial charge in [-0.15, -0.1) is 0 Å². The number of rotatable bonds is 8. The molecule has 3 fully saturated rings. The number of furan rings is 1. The summed E-state index contributed by atoms with van der Waals surface area (Å²) >= 11 is 0. The lowest BCUT2D eigenvalue weighted by Gasteiger charge is -2.23. The normalized spacial score (nSPS) is 21.4. The molecule has 41 heavy (non-hydrogen) atoms. The Hall–Kier alpha value is -5.25. The second-order valence-corrected chi connectivity index (χ2v) is 8.99. The SMILES string of the molecule is O=C1CCC(C(=O)ON2OC[C@H](NC(=O)C(NC(=O)N3CCN(N=Cc4ccco4)C3=O)c3ccccc3)C2=O)O1. The van der Waals surface area contributed by atoms with Gasteiger partial charge in [-0.05, 0) is 22.9 Å². The highest BCUT2D eigenvalue weighted by atomic mass is 17.0. The largest absolute Gasteiger partial charge is 0.463 e. The van der Waals surface area contributed by atoms with Gasteiger partial charge in [-0.3, -0.25) is 14.4 Å². The molecule has 2 aromatic rings. The minimum Gasteiger partial charge on any atom is -0.463 e. The van der Waals surface area contributed by atoms with Crippen molar-refractivity contribution in [3.05, 3.63) is 60.1 Å². The zero-order valence-electron chi connectivity index (χ0n) is 21.3. The fourth-order valence-electron chi connectivity index (χ4n) is 4.13. The Morgan fingerprint density at radius 2 is 1.88 bits per heavy atom. The van der Waals surface area contributed by atoms with Gasteiger partial charge in [0.2, 0.25) is 12.0 Å². The van der Waals surface area contributed by atoms with Crippen molar-refractivity contribution in [2.75, 3.05) is 19.7 Å². The molecular weight excluding hydrogens is 544 g/mol. The van der Waals surface area contributed by atoms with Crippen LogP contribution < -0.4 is 10.6 Å². The van der Waals surface area contributed by atoms with Crippen LogP contribution in [0.3, 0.4) is 0 Å². The Morgan fingerprint density at radius 3 is 2.59 bits per heavy atom. The molecule has 2 N–H and O–H groups in total. The molecule has 4 heterocycles. The first-order valence-electron chi connectivity index (χ1n) is 12.5. The van der Waals surface area contributed by atoms with Crippen LogP contribution in [0.2, 0.25) is 0 Å². The van der Waals surface area contributed by atoms with Crippen molar-refractivity contribution in [3.8, 4) is 0 Å². The summed E-state index contributed by atoms with van der Waals surface area (Å²) in [5.74, 6) is -2.83. The number of nitrogens with zero attached hydrogens (tertiary/aromatic N) is 4. The van der Waals surface area contributed by atoms with E-state index in [-0.39, 0.29) is 32.5 Å². The zero-order chi connectivity index (χ0) is 28.9. The Bertz CT molecular complexity index is 1360. The van der Waals surface area contributed by atoms with Crippen LogP contribution in [0.15, 0.2) is 58.2 Å². The number of cyclic esters (lactones) is 1. The number of benzene rings is 1. The van der Waals surface area contributed by atoms with Crippen LogP contribution in [0.1, 0.15) is 30.2 Å². The summed E-state index contributed by atoms with van der Waals surface area (Å²) in [6.07, 6.45) is 1.77. The number of hydrogen-bond donors (Lipinski definition) is 2. The van der Waals surface area contributed by atoms with Gasteiger partial charge >= 0.3 is 29.9 Å². The average molecular weight is 568 g/mol. The molecule has 3 saturated heterocycles. The predicted octanol–water partition coefficient (Wildman–Crippen LogP) is 0.224. The molecule has 0 saturated carbocycles. The van der Waals surface area contributed by atoms with Crippen molar-refractivity contribution in [1.29, 1.82) is 0 Å². The van der Waals surface area contributed by atoms with Crippen LogP contribution in [-0.2, 0) is 33.6 Å². The highest BCUT2D eigenvalue weighted by molar-refractivity contribution is 5.98. The summed E-state index contributed by atoms with van der Waals surface area (Å²) in [7, 11) is 0. The fraction of sp³-hybridized carbons (Fsp3) is 0.320. The third kappa shape index (κ3) is 6.17. The van der Waals surface area contributed by atoms with E-state index in [9.17, 15) is 28.8 Å². The number of ether oxygens (including phenoxy) is 1. The number of esters is 1. The topological polar surface area (TPSA) is 189 Å². The fourth-order valence-corrected chi connectivity index (χ4v) is 4.13. The number of imide groups is 1. The number of carbonyl (C=O) groups is 6. The molecular formula is C25H24N6O10. The van der Waals surface area contributed by atoms with E-state index in [1.165, 1.54) is 12.5 Å². The van der Waals surface area contributed by atoms with E-state index >= 15 is 0 Å². The smallest absolute Gasteiger partial charge is 0.375 e. The highest BCUT2D eigenvalue weighted by Gasteiger charge is 2.42. The van der Waals surface area contributed by atoms with Crippen LogP contribution in [0.5, 0.6) is 0 Å². The maximum atomic E-state index is 13.3. The molecule has 2 unspecified atom stereocenters. The lowest BCUT2D eigenvalue weighted by atomic mass is 10.1. The average Bonchev–Trinajstić information content (AvgIpc) is 3.77. The number of hydrazone groups is 1. The van der Waals surface area contributed by atoms with Crippen molar-refractivity contribution in [1.82, 2.24) is 25.8 Å². The molecule has 0 aliphatic carbocycles. The molecule has 0 radical (unpaired) electrons. The number of carbonyl (C=O) groups excluding carboxylic acids is 6. The number of amides is 6. The lowest BCUT2D eigenvalue weighted by molar-refractivity contribution is -0.306. The maximum Gasteiger partial charge on any atom is 0.375 e. The Morgan fingerprint density at radius 1 is 1.07 bits per heavy atom. The minimum atomic E-state index is -1.31. The van der Waals surface area contributed by atoms with Crippen LogP contribution in [0.4, 0.5) is 9.59 Å². The van der Waals surface area contributed by atoms with E-state index in [0.29, 0.717) is 16.6 Å². The van der Waals surface area contributed by atoms with Gasteiger partial charge in [-0.25, -0.2) is 29.1 Å². The third-order valence-corrected chi connectivity index (χ3v) is 6.24. The quantitative estimate of drug-likeness (QED) is 0.329. The summed E-state index contributed by atoms with van der Waals surface area (Å²) in [4.78, 5) is 86.0. The van der Waals surface area contributed by atoms with Gasteiger partial charge in [0.05, 0.1) is 25.6 Å². The standard InChI is InChI=1S/C25H24N6O10/c32-19-9-8-18(40-19)23(35)41-31-22(34)17(14-39-31)27-21(33)20(15-5-2-1-3-6-15)28-24(36)29-10-11-30(25(29)37)26-13-16-7-4-12-38-16/h1-7,12-13,17-18,20H,8-11,14H2,(H,27,33)(H,28,36)/t17-,18?,20?/m0/s1. The van der Waals surface area contributed by atoms with E-state index < -0.39 is 54.0 Å². The summed E-state index contributed by atoms with van der Waals surface area (Å²) in [6.45, 7) is -0.242. The molecule has 214 valence electrons. The van der Waals surface area contributed by atoms with Crippen molar-refractivity contribution in [2.45, 2.75) is 31.0 Å². The van der Waals surface area contributed by atoms with Crippen molar-refractivity contribution < 1.29 is 47.6 Å². The van der Waals surface area contributed by atoms with Gasteiger partial charge in [0.15, 0.2) is 0 Å². The first-order valence-corrected chi connectivity index (χ1v) is 12.5. The van der Waals surface area contributed by atoms with Crippen LogP contribution >= 0.6 is 0 Å². The summed E-state index contributed by atoms with van der Waals surface area (Å²) in [5, 5.41) is 10.4. The third-order valence-electron chi connectivity index (χ3n) is 6.24. The highest BCUT2D eigenvalue weighted by Crippen LogP contribution is 2.20. The maximum absolute atomic E-state index is 13.3. The number of hydrogen-bond acceptors (Lipinski definition) is 11. The predicted molar refractivity (Wildman–Crippen MR) is 133 cm³/mol. The van der Waals surface area contributed by atoms with Gasteiger partial charge in [0, 0.05) is 12.8 Å². The summed E-state index contributed by atoms with van der Waals surface area (Å²) in [6, 6.07) is 7.35. The van der Waals surface area contributed by atoms with Gasteiger partial charge in [-0.2, -0.15) is 5.10 Å². The monoisotopic (exact) mass is 568 g/mol. The van der Waals surface area contributed by atoms with Gasteiger partial charge < -0.3 is 24.6 Å². The molecule has 16 nitrogen and oxygen atoms in total. The molecule has 3 atom stereocenters. The second kappa shape index (κ2) is 11.9. The van der Waals surface area contributed by atoms with E-state index in [4.69, 9.17) is 18.8 Å². The Labute approximate surface area is 231 Å². The summed E-state index contributed by atoms with van der Waals surface area (Å²) < 4.78 is 9.95. The molecule has 16 heteroatoms. The van der Waals surface area contributed by atoms with Gasteiger partial charge in [0.1, 0.15) is 24.5 Å². The van der Waals surface area contributed by atoms with Crippen molar-refractivity contribution >= 4 is 42.0 Å². The Kier molecular flexibility index (Phi) is 7.91. The first-order chi connectivity index (χ1) is 19.8. The van der Waals surface area contributed by atoms with E-state index in [1.807, 2.05) is 0 Å². The first kappa shape index (κ1) is 27.3. The molecule has 1 aromatic carbocycles. The molecule has 3 aliphatic rings. The second-order valence-electron chi connectivity index (χ2n) is 8.99. The lowest BCUT2D eigenvalue weighted by Crippen LogP contribution is -2.51. The van der Waals surface area contributed by atoms with Crippen molar-refractivity contribution in [3.63, 3.8) is 0 Å². The molecule has 1 aromatic heterocycles. The molecule has 3 aliphatic heterocycles. The van der Waals surface area contributed by atoms with Gasteiger partial charge in [-0.1, -0.05) is 30.3 Å². The van der Waals surface area contributed by atoms with E-state index in [0.717, 1.165) is 9.91 Å². The van der Waals surface area contributed by atoms with Crippen LogP contribution in [0.25, 0.3) is 0 Å². The molecule has 5 rings (SSSR count). The number of hydroxylamine groups is 2. The van der Waals surface area contributed by atoms with E-state index in [2.05, 4.69) is 15.7 Å². The molecule has 0 spiro atoms. The summed E-state index contributed by atoms with van der Waals surface area (Å²) in [5.41, 5.74) is 0.371. The van der Waals surface area contributed by atoms with E-state index in [1.54, 1.807) is 42.5 Å². The minimum absolute atomic E-state index is 0.00880. The Balaban J connectivity index is 1.21. The van der Waals surface area contributed by atoms with Crippen LogP contribution in [-0.4, -0.2) is 89.0 Å². The number of urea groups is 2. The molecule has 6 amide bonds. The zero-order valence-corrected chi connectivity index (χ0v) is 21.3. The van der Waals surface area contributed by atoms with Gasteiger partial charge in [0.25, 0.3) is 0 Å². The van der Waals surface area contributed by atoms with Crippen LogP contribution in [0, 0.1) is 0 Å². The molecule has 0 bridgehead atoms.